The minimum absolute atomic E-state index is 0.0366. The van der Waals surface area contributed by atoms with Gasteiger partial charge in [0.25, 0.3) is 0 Å². The second-order valence-corrected chi connectivity index (χ2v) is 7.20. The van der Waals surface area contributed by atoms with E-state index in [1.807, 2.05) is 0 Å². The Morgan fingerprint density at radius 2 is 1.95 bits per heavy atom. The van der Waals surface area contributed by atoms with Crippen LogP contribution in [0.25, 0.3) is 0 Å². The molecule has 0 bridgehead atoms. The molecule has 1 aliphatic carbocycles. The summed E-state index contributed by atoms with van der Waals surface area (Å²) < 4.78 is 26.3. The number of hydrogen-bond donors (Lipinski definition) is 1. The molecule has 0 unspecified atom stereocenters. The second-order valence-electron chi connectivity index (χ2n) is 5.20. The summed E-state index contributed by atoms with van der Waals surface area (Å²) in [6.45, 7) is 0. The number of nitrogens with two attached hydrogens (primary N) is 1. The minimum Gasteiger partial charge on any atom is -0.358 e. The van der Waals surface area contributed by atoms with Crippen molar-refractivity contribution < 1.29 is 13.3 Å². The number of nitro groups is 1. The molecule has 1 fully saturated rings. The monoisotopic (exact) mass is 314 g/mol. The molecule has 116 valence electrons. The molecule has 21 heavy (non-hydrogen) atoms. The summed E-state index contributed by atoms with van der Waals surface area (Å²) >= 11 is 0. The zero-order valence-corrected chi connectivity index (χ0v) is 12.5. The average Bonchev–Trinajstić information content (AvgIpc) is 2.47. The molecule has 0 saturated heterocycles. The van der Waals surface area contributed by atoms with Gasteiger partial charge in [0.15, 0.2) is 6.20 Å². The van der Waals surface area contributed by atoms with Crippen LogP contribution in [0.2, 0.25) is 0 Å². The SMILES string of the molecule is CN(C1CCC(N)CC1)S(=O)(=O)c1ccc([N+](=O)[O-])nc1. The van der Waals surface area contributed by atoms with Gasteiger partial charge in [0.05, 0.1) is 0 Å². The van der Waals surface area contributed by atoms with Gasteiger partial charge in [-0.05, 0) is 41.7 Å². The van der Waals surface area contributed by atoms with E-state index in [1.165, 1.54) is 17.4 Å². The van der Waals surface area contributed by atoms with Crippen molar-refractivity contribution in [1.82, 2.24) is 9.29 Å². The van der Waals surface area contributed by atoms with Crippen LogP contribution in [0, 0.1) is 10.1 Å². The van der Waals surface area contributed by atoms with E-state index in [9.17, 15) is 18.5 Å². The Labute approximate surface area is 123 Å². The fourth-order valence-corrected chi connectivity index (χ4v) is 3.82. The smallest absolute Gasteiger partial charge is 0.358 e. The fourth-order valence-electron chi connectivity index (χ4n) is 2.46. The third-order valence-electron chi connectivity index (χ3n) is 3.84. The number of rotatable bonds is 4. The lowest BCUT2D eigenvalue weighted by Gasteiger charge is -2.32. The van der Waals surface area contributed by atoms with Crippen LogP contribution in [0.3, 0.4) is 0 Å². The molecule has 1 aromatic rings. The van der Waals surface area contributed by atoms with Crippen molar-refractivity contribution in [1.29, 1.82) is 0 Å². The van der Waals surface area contributed by atoms with E-state index >= 15 is 0 Å². The lowest BCUT2D eigenvalue weighted by molar-refractivity contribution is -0.389. The van der Waals surface area contributed by atoms with E-state index in [-0.39, 0.29) is 22.8 Å². The van der Waals surface area contributed by atoms with Gasteiger partial charge in [0.2, 0.25) is 10.0 Å². The molecule has 0 radical (unpaired) electrons. The molecule has 1 saturated carbocycles. The Kier molecular flexibility index (Phi) is 4.55. The maximum atomic E-state index is 12.5. The molecule has 1 heterocycles. The van der Waals surface area contributed by atoms with E-state index < -0.39 is 14.9 Å². The molecular weight excluding hydrogens is 296 g/mol. The normalized spacial score (nSPS) is 23.2. The van der Waals surface area contributed by atoms with Gasteiger partial charge in [-0.15, -0.1) is 0 Å². The molecule has 0 amide bonds. The summed E-state index contributed by atoms with van der Waals surface area (Å²) in [6.07, 6.45) is 4.05. The zero-order valence-electron chi connectivity index (χ0n) is 11.7. The molecule has 0 atom stereocenters. The van der Waals surface area contributed by atoms with Crippen molar-refractivity contribution in [3.63, 3.8) is 0 Å². The first-order chi connectivity index (χ1) is 9.82. The van der Waals surface area contributed by atoms with Gasteiger partial charge in [-0.25, -0.2) is 8.42 Å². The molecule has 8 nitrogen and oxygen atoms in total. The summed E-state index contributed by atoms with van der Waals surface area (Å²) in [5, 5.41) is 10.5. The van der Waals surface area contributed by atoms with Gasteiger partial charge in [0.1, 0.15) is 4.90 Å². The molecule has 2 rings (SSSR count). The predicted molar refractivity (Wildman–Crippen MR) is 76.1 cm³/mol. The third kappa shape index (κ3) is 3.36. The molecule has 1 aromatic heterocycles. The summed E-state index contributed by atoms with van der Waals surface area (Å²) in [7, 11) is -2.17. The third-order valence-corrected chi connectivity index (χ3v) is 5.73. The van der Waals surface area contributed by atoms with Crippen LogP contribution < -0.4 is 5.73 Å². The molecular formula is C12H18N4O4S. The highest BCUT2D eigenvalue weighted by Crippen LogP contribution is 2.26. The largest absolute Gasteiger partial charge is 0.363 e. The van der Waals surface area contributed by atoms with E-state index in [4.69, 9.17) is 5.73 Å². The Balaban J connectivity index is 2.18. The first-order valence-electron chi connectivity index (χ1n) is 6.66. The van der Waals surface area contributed by atoms with Gasteiger partial charge in [-0.2, -0.15) is 4.31 Å². The zero-order chi connectivity index (χ0) is 15.6. The lowest BCUT2D eigenvalue weighted by Crippen LogP contribution is -2.41. The highest BCUT2D eigenvalue weighted by molar-refractivity contribution is 7.89. The number of sulfonamides is 1. The Morgan fingerprint density at radius 3 is 2.43 bits per heavy atom. The highest BCUT2D eigenvalue weighted by atomic mass is 32.2. The number of hydrogen-bond acceptors (Lipinski definition) is 6. The van der Waals surface area contributed by atoms with Crippen LogP contribution in [-0.2, 0) is 10.0 Å². The van der Waals surface area contributed by atoms with Crippen LogP contribution in [0.4, 0.5) is 5.82 Å². The molecule has 0 spiro atoms. The van der Waals surface area contributed by atoms with Crippen molar-refractivity contribution in [2.24, 2.45) is 5.73 Å². The second kappa shape index (κ2) is 6.04. The minimum atomic E-state index is -3.69. The van der Waals surface area contributed by atoms with E-state index in [0.717, 1.165) is 37.9 Å². The first-order valence-corrected chi connectivity index (χ1v) is 8.10. The topological polar surface area (TPSA) is 119 Å². The van der Waals surface area contributed by atoms with Crippen LogP contribution in [0.1, 0.15) is 25.7 Å². The van der Waals surface area contributed by atoms with Gasteiger partial charge < -0.3 is 15.8 Å². The average molecular weight is 314 g/mol. The molecule has 2 N–H and O–H groups in total. The molecule has 0 aromatic carbocycles. The van der Waals surface area contributed by atoms with Crippen molar-refractivity contribution >= 4 is 15.8 Å². The van der Waals surface area contributed by atoms with Gasteiger partial charge in [0, 0.05) is 25.2 Å². The maximum Gasteiger partial charge on any atom is 0.363 e. The van der Waals surface area contributed by atoms with E-state index in [1.54, 1.807) is 0 Å². The predicted octanol–water partition coefficient (Wildman–Crippen LogP) is 0.880. The number of pyridine rings is 1. The van der Waals surface area contributed by atoms with Gasteiger partial charge >= 0.3 is 5.82 Å². The van der Waals surface area contributed by atoms with E-state index in [2.05, 4.69) is 4.98 Å². The van der Waals surface area contributed by atoms with E-state index in [0.29, 0.717) is 0 Å². The first kappa shape index (κ1) is 15.8. The van der Waals surface area contributed by atoms with Crippen molar-refractivity contribution in [3.05, 3.63) is 28.4 Å². The van der Waals surface area contributed by atoms with Crippen LogP contribution in [-0.4, -0.2) is 41.8 Å². The maximum absolute atomic E-state index is 12.5. The van der Waals surface area contributed by atoms with Gasteiger partial charge in [-0.3, -0.25) is 0 Å². The fraction of sp³-hybridized carbons (Fsp3) is 0.583. The number of aromatic nitrogens is 1. The molecule has 0 aliphatic heterocycles. The molecule has 1 aliphatic rings. The Morgan fingerprint density at radius 1 is 1.33 bits per heavy atom. The number of nitrogens with zero attached hydrogens (tertiary/aromatic N) is 3. The van der Waals surface area contributed by atoms with Crippen LogP contribution in [0.15, 0.2) is 23.2 Å². The lowest BCUT2D eigenvalue weighted by atomic mass is 9.92. The van der Waals surface area contributed by atoms with Crippen LogP contribution >= 0.6 is 0 Å². The Hall–Kier alpha value is -1.58. The quantitative estimate of drug-likeness (QED) is 0.650. The summed E-state index contributed by atoms with van der Waals surface area (Å²) in [5.74, 6) is -0.375. The summed E-state index contributed by atoms with van der Waals surface area (Å²) in [6, 6.07) is 2.35. The van der Waals surface area contributed by atoms with Crippen molar-refractivity contribution in [2.45, 2.75) is 42.7 Å². The summed E-state index contributed by atoms with van der Waals surface area (Å²) in [4.78, 5) is 13.4. The standard InChI is InChI=1S/C12H18N4O4S/c1-15(10-4-2-9(13)3-5-10)21(19,20)11-6-7-12(14-8-11)16(17)18/h6-10H,2-5,13H2,1H3. The van der Waals surface area contributed by atoms with Crippen LogP contribution in [0.5, 0.6) is 0 Å². The summed E-state index contributed by atoms with van der Waals surface area (Å²) in [5.41, 5.74) is 5.82. The van der Waals surface area contributed by atoms with Gasteiger partial charge in [-0.1, -0.05) is 0 Å². The molecule has 9 heteroatoms. The Bertz CT molecular complexity index is 609. The highest BCUT2D eigenvalue weighted by Gasteiger charge is 2.31. The van der Waals surface area contributed by atoms with Crippen molar-refractivity contribution in [2.75, 3.05) is 7.05 Å². The van der Waals surface area contributed by atoms with Crippen molar-refractivity contribution in [3.8, 4) is 0 Å².